The second-order valence-electron chi connectivity index (χ2n) is 5.60. The van der Waals surface area contributed by atoms with Crippen LogP contribution in [0.3, 0.4) is 0 Å². The third-order valence-corrected chi connectivity index (χ3v) is 3.80. The number of allylic oxidation sites excluding steroid dienone is 1. The van der Waals surface area contributed by atoms with E-state index < -0.39 is 0 Å². The molecule has 0 N–H and O–H groups in total. The van der Waals surface area contributed by atoms with Crippen molar-refractivity contribution in [3.8, 4) is 22.5 Å². The maximum absolute atomic E-state index is 11.8. The van der Waals surface area contributed by atoms with Crippen LogP contribution in [0.15, 0.2) is 72.8 Å². The maximum Gasteiger partial charge on any atom is 0.332 e. The molecular weight excluding hydrogens is 312 g/mol. The summed E-state index contributed by atoms with van der Waals surface area (Å²) in [5.74, 6) is -0.365. The predicted molar refractivity (Wildman–Crippen MR) is 99.7 cm³/mol. The number of esters is 1. The van der Waals surface area contributed by atoms with E-state index in [1.54, 1.807) is 11.6 Å². The van der Waals surface area contributed by atoms with Crippen molar-refractivity contribution in [1.29, 1.82) is 0 Å². The van der Waals surface area contributed by atoms with Gasteiger partial charge in [0.05, 0.1) is 18.0 Å². The molecule has 0 unspecified atom stereocenters. The van der Waals surface area contributed by atoms with E-state index in [1.165, 1.54) is 6.08 Å². The first-order valence-electron chi connectivity index (χ1n) is 8.25. The van der Waals surface area contributed by atoms with Gasteiger partial charge in [0.15, 0.2) is 0 Å². The molecule has 3 aromatic rings. The molecule has 126 valence electrons. The summed E-state index contributed by atoms with van der Waals surface area (Å²) in [6.07, 6.45) is 1.47. The lowest BCUT2D eigenvalue weighted by molar-refractivity contribution is -0.137. The number of hydrogen-bond acceptors (Lipinski definition) is 3. The number of hydrogen-bond donors (Lipinski definition) is 0. The van der Waals surface area contributed by atoms with E-state index in [2.05, 4.69) is 0 Å². The molecule has 1 heterocycles. The van der Waals surface area contributed by atoms with Gasteiger partial charge in [0.1, 0.15) is 0 Å². The van der Waals surface area contributed by atoms with Crippen molar-refractivity contribution in [1.82, 2.24) is 9.78 Å². The van der Waals surface area contributed by atoms with E-state index >= 15 is 0 Å². The molecule has 25 heavy (non-hydrogen) atoms. The molecule has 0 saturated heterocycles. The Hall–Kier alpha value is -3.14. The first-order chi connectivity index (χ1) is 12.2. The number of aromatic nitrogens is 2. The zero-order valence-electron chi connectivity index (χ0n) is 14.3. The van der Waals surface area contributed by atoms with Gasteiger partial charge in [-0.05, 0) is 19.9 Å². The van der Waals surface area contributed by atoms with Crippen LogP contribution in [0.1, 0.15) is 13.8 Å². The number of carbonyl (C=O) groups excluding carboxylic acids is 1. The maximum atomic E-state index is 11.8. The number of benzene rings is 2. The second kappa shape index (κ2) is 7.62. The Balaban J connectivity index is 2.09. The average molecular weight is 332 g/mol. The van der Waals surface area contributed by atoms with Gasteiger partial charge in [0.2, 0.25) is 0 Å². The Kier molecular flexibility index (Phi) is 5.09. The fourth-order valence-electron chi connectivity index (χ4n) is 2.63. The lowest BCUT2D eigenvalue weighted by atomic mass is 10.1. The van der Waals surface area contributed by atoms with E-state index in [4.69, 9.17) is 9.84 Å². The number of rotatable bonds is 5. The van der Waals surface area contributed by atoms with E-state index in [0.717, 1.165) is 22.5 Å². The molecular formula is C21H20N2O2. The van der Waals surface area contributed by atoms with Gasteiger partial charge >= 0.3 is 5.97 Å². The van der Waals surface area contributed by atoms with Crippen LogP contribution in [-0.4, -0.2) is 22.4 Å². The summed E-state index contributed by atoms with van der Waals surface area (Å²) >= 11 is 0. The normalized spacial score (nSPS) is 11.4. The number of nitrogens with zero attached hydrogens (tertiary/aromatic N) is 2. The molecule has 3 rings (SSSR count). The molecule has 0 aliphatic rings. The molecule has 0 aliphatic carbocycles. The summed E-state index contributed by atoms with van der Waals surface area (Å²) in [6.45, 7) is 3.99. The van der Waals surface area contributed by atoms with Gasteiger partial charge in [-0.2, -0.15) is 5.10 Å². The zero-order valence-corrected chi connectivity index (χ0v) is 14.3. The molecule has 2 aromatic carbocycles. The summed E-state index contributed by atoms with van der Waals surface area (Å²) in [7, 11) is 0. The highest BCUT2D eigenvalue weighted by atomic mass is 16.5. The van der Waals surface area contributed by atoms with Crippen molar-refractivity contribution in [2.45, 2.75) is 13.8 Å². The third-order valence-electron chi connectivity index (χ3n) is 3.80. The summed E-state index contributed by atoms with van der Waals surface area (Å²) < 4.78 is 6.80. The summed E-state index contributed by atoms with van der Waals surface area (Å²) in [5, 5.41) is 4.71. The first kappa shape index (κ1) is 16.7. The van der Waals surface area contributed by atoms with Crippen molar-refractivity contribution in [3.05, 3.63) is 72.8 Å². The van der Waals surface area contributed by atoms with Gasteiger partial charge in [-0.15, -0.1) is 0 Å². The van der Waals surface area contributed by atoms with Crippen molar-refractivity contribution in [2.24, 2.45) is 0 Å². The van der Waals surface area contributed by atoms with Gasteiger partial charge in [-0.1, -0.05) is 60.7 Å². The Labute approximate surface area is 147 Å². The predicted octanol–water partition coefficient (Wildman–Crippen LogP) is 4.64. The lowest BCUT2D eigenvalue weighted by Gasteiger charge is -2.07. The summed E-state index contributed by atoms with van der Waals surface area (Å²) in [5.41, 5.74) is 4.56. The monoisotopic (exact) mass is 332 g/mol. The van der Waals surface area contributed by atoms with Crippen LogP contribution in [0.25, 0.3) is 28.2 Å². The molecule has 0 bridgehead atoms. The Morgan fingerprint density at radius 2 is 1.64 bits per heavy atom. The summed E-state index contributed by atoms with van der Waals surface area (Å²) in [4.78, 5) is 11.8. The molecule has 1 aromatic heterocycles. The highest BCUT2D eigenvalue weighted by molar-refractivity contribution is 5.88. The van der Waals surface area contributed by atoms with Crippen LogP contribution in [0.5, 0.6) is 0 Å². The minimum absolute atomic E-state index is 0.350. The molecule has 0 amide bonds. The average Bonchev–Trinajstić information content (AvgIpc) is 3.09. The van der Waals surface area contributed by atoms with Gasteiger partial charge in [-0.25, -0.2) is 9.48 Å². The van der Waals surface area contributed by atoms with Crippen LogP contribution >= 0.6 is 0 Å². The van der Waals surface area contributed by atoms with E-state index in [1.807, 2.05) is 73.7 Å². The van der Waals surface area contributed by atoms with E-state index in [0.29, 0.717) is 12.3 Å². The first-order valence-corrected chi connectivity index (χ1v) is 8.25. The highest BCUT2D eigenvalue weighted by Gasteiger charge is 2.13. The molecule has 0 radical (unpaired) electrons. The fourth-order valence-corrected chi connectivity index (χ4v) is 2.63. The van der Waals surface area contributed by atoms with E-state index in [-0.39, 0.29) is 5.97 Å². The van der Waals surface area contributed by atoms with Gasteiger partial charge < -0.3 is 4.74 Å². The SMILES string of the molecule is CCOC(=O)/C=C(\C)n1nc(-c2ccccc2)cc1-c1ccccc1. The molecule has 0 aliphatic heterocycles. The Morgan fingerprint density at radius 3 is 2.24 bits per heavy atom. The smallest absolute Gasteiger partial charge is 0.332 e. The van der Waals surface area contributed by atoms with Crippen LogP contribution in [-0.2, 0) is 9.53 Å². The fraction of sp³-hybridized carbons (Fsp3) is 0.143. The molecule has 0 saturated carbocycles. The number of carbonyl (C=O) groups is 1. The van der Waals surface area contributed by atoms with Crippen molar-refractivity contribution in [2.75, 3.05) is 6.61 Å². The summed E-state index contributed by atoms with van der Waals surface area (Å²) in [6, 6.07) is 22.0. The topological polar surface area (TPSA) is 44.1 Å². The van der Waals surface area contributed by atoms with Gasteiger partial charge in [0, 0.05) is 22.9 Å². The highest BCUT2D eigenvalue weighted by Crippen LogP contribution is 2.28. The van der Waals surface area contributed by atoms with E-state index in [9.17, 15) is 4.79 Å². The third kappa shape index (κ3) is 3.86. The van der Waals surface area contributed by atoms with Crippen LogP contribution in [0, 0.1) is 0 Å². The van der Waals surface area contributed by atoms with Gasteiger partial charge in [-0.3, -0.25) is 0 Å². The minimum atomic E-state index is -0.365. The Morgan fingerprint density at radius 1 is 1.04 bits per heavy atom. The molecule has 4 heteroatoms. The zero-order chi connectivity index (χ0) is 17.6. The molecule has 0 spiro atoms. The number of ether oxygens (including phenoxy) is 1. The van der Waals surface area contributed by atoms with Crippen molar-refractivity contribution in [3.63, 3.8) is 0 Å². The quantitative estimate of drug-likeness (QED) is 0.505. The van der Waals surface area contributed by atoms with Crippen LogP contribution in [0.2, 0.25) is 0 Å². The minimum Gasteiger partial charge on any atom is -0.463 e. The van der Waals surface area contributed by atoms with Crippen LogP contribution < -0.4 is 0 Å². The van der Waals surface area contributed by atoms with Gasteiger partial charge in [0.25, 0.3) is 0 Å². The standard InChI is InChI=1S/C21H20N2O2/c1-3-25-21(24)14-16(2)23-20(18-12-8-5-9-13-18)15-19(22-23)17-10-6-4-7-11-17/h4-15H,3H2,1-2H3/b16-14+. The Bertz CT molecular complexity index is 881. The lowest BCUT2D eigenvalue weighted by Crippen LogP contribution is -2.05. The van der Waals surface area contributed by atoms with Crippen LogP contribution in [0.4, 0.5) is 0 Å². The van der Waals surface area contributed by atoms with Crippen molar-refractivity contribution >= 4 is 11.7 Å². The molecule has 0 fully saturated rings. The second-order valence-corrected chi connectivity index (χ2v) is 5.60. The molecule has 0 atom stereocenters. The molecule has 4 nitrogen and oxygen atoms in total. The largest absolute Gasteiger partial charge is 0.463 e. The van der Waals surface area contributed by atoms with Crippen molar-refractivity contribution < 1.29 is 9.53 Å².